The van der Waals surface area contributed by atoms with E-state index in [0.717, 1.165) is 28.7 Å². The van der Waals surface area contributed by atoms with Crippen molar-refractivity contribution >= 4 is 23.0 Å². The molecule has 2 aromatic carbocycles. The number of hydrogen-bond donors (Lipinski definition) is 4. The first-order chi connectivity index (χ1) is 15.2. The number of nitrogens with zero attached hydrogens (tertiary/aromatic N) is 3. The Kier molecular flexibility index (Phi) is 5.07. The normalized spacial score (nSPS) is 20.4. The maximum Gasteiger partial charge on any atom is 0.249 e. The van der Waals surface area contributed by atoms with Crippen molar-refractivity contribution in [1.82, 2.24) is 25.7 Å². The molecule has 0 fully saturated rings. The van der Waals surface area contributed by atoms with Gasteiger partial charge in [0.1, 0.15) is 5.82 Å². The molecule has 0 radical (unpaired) electrons. The number of fused-ring (bicyclic) bond motifs is 1. The summed E-state index contributed by atoms with van der Waals surface area (Å²) < 4.78 is 1.82. The maximum atomic E-state index is 11.8. The van der Waals surface area contributed by atoms with Gasteiger partial charge in [-0.25, -0.2) is 9.67 Å². The van der Waals surface area contributed by atoms with E-state index < -0.39 is 5.91 Å². The molecule has 31 heavy (non-hydrogen) atoms. The van der Waals surface area contributed by atoms with E-state index in [2.05, 4.69) is 44.3 Å². The smallest absolute Gasteiger partial charge is 0.249 e. The van der Waals surface area contributed by atoms with Crippen molar-refractivity contribution in [3.8, 4) is 0 Å². The van der Waals surface area contributed by atoms with Crippen LogP contribution in [0.5, 0.6) is 0 Å². The molecule has 3 aromatic rings. The molecule has 2 unspecified atom stereocenters. The highest BCUT2D eigenvalue weighted by molar-refractivity contribution is 6.05. The fourth-order valence-corrected chi connectivity index (χ4v) is 3.99. The Morgan fingerprint density at radius 2 is 2.06 bits per heavy atom. The van der Waals surface area contributed by atoms with Gasteiger partial charge in [-0.2, -0.15) is 5.10 Å². The molecule has 8 heteroatoms. The number of rotatable bonds is 5. The van der Waals surface area contributed by atoms with Crippen LogP contribution in [0.2, 0.25) is 0 Å². The average molecular weight is 413 g/mol. The first kappa shape index (κ1) is 19.2. The van der Waals surface area contributed by atoms with E-state index in [9.17, 15) is 4.79 Å². The van der Waals surface area contributed by atoms with Crippen molar-refractivity contribution in [3.05, 3.63) is 89.4 Å². The lowest BCUT2D eigenvalue weighted by molar-refractivity contribution is 0.100. The molecule has 1 aromatic heterocycles. The quantitative estimate of drug-likeness (QED) is 0.512. The van der Waals surface area contributed by atoms with Gasteiger partial charge in [-0.15, -0.1) is 0 Å². The van der Waals surface area contributed by atoms with Crippen LogP contribution in [0.15, 0.2) is 83.3 Å². The number of allylic oxidation sites excluding steroid dienone is 2. The number of benzene rings is 2. The van der Waals surface area contributed by atoms with Crippen LogP contribution in [-0.4, -0.2) is 28.1 Å². The van der Waals surface area contributed by atoms with Crippen molar-refractivity contribution in [2.75, 3.05) is 0 Å². The molecular formula is C23H23N7O. The Hall–Kier alpha value is -3.75. The fraction of sp³-hybridized carbons (Fsp3) is 0.174. The zero-order chi connectivity index (χ0) is 21.2. The van der Waals surface area contributed by atoms with Gasteiger partial charge in [0, 0.05) is 23.7 Å². The van der Waals surface area contributed by atoms with Crippen molar-refractivity contribution in [3.63, 3.8) is 0 Å². The van der Waals surface area contributed by atoms with Gasteiger partial charge in [0.15, 0.2) is 6.29 Å². The first-order valence-corrected chi connectivity index (χ1v) is 10.2. The van der Waals surface area contributed by atoms with Gasteiger partial charge in [-0.05, 0) is 30.2 Å². The summed E-state index contributed by atoms with van der Waals surface area (Å²) in [7, 11) is 0. The predicted octanol–water partition coefficient (Wildman–Crippen LogP) is 2.14. The standard InChI is InChI=1S/C23H23N7O/c24-20(31)16-10-6-11-19-18(16)14-27-30(19)23-28-21-17(9-4-5-12-25-21)22(29-23)26-13-15-7-2-1-3-8-15/h1-8,10-12,14,22-23,26,28-29H,9,13H2,(H2,24,31). The number of nitrogens with one attached hydrogen (secondary N) is 3. The summed E-state index contributed by atoms with van der Waals surface area (Å²) in [6, 6.07) is 15.7. The first-order valence-electron chi connectivity index (χ1n) is 10.2. The number of aromatic nitrogens is 2. The molecule has 1 amide bonds. The Balaban J connectivity index is 1.48. The van der Waals surface area contributed by atoms with Crippen LogP contribution in [0.3, 0.4) is 0 Å². The molecule has 0 aliphatic carbocycles. The third-order valence-corrected chi connectivity index (χ3v) is 5.52. The van der Waals surface area contributed by atoms with Gasteiger partial charge < -0.3 is 11.1 Å². The van der Waals surface area contributed by atoms with Gasteiger partial charge in [-0.3, -0.25) is 15.4 Å². The van der Waals surface area contributed by atoms with E-state index in [1.165, 1.54) is 5.56 Å². The van der Waals surface area contributed by atoms with E-state index in [-0.39, 0.29) is 12.5 Å². The highest BCUT2D eigenvalue weighted by Gasteiger charge is 2.30. The van der Waals surface area contributed by atoms with Crippen LogP contribution in [0.1, 0.15) is 28.6 Å². The second kappa shape index (κ2) is 8.17. The van der Waals surface area contributed by atoms with Crippen LogP contribution >= 0.6 is 0 Å². The molecule has 0 bridgehead atoms. The minimum Gasteiger partial charge on any atom is -0.366 e. The van der Waals surface area contributed by atoms with Crippen molar-refractivity contribution < 1.29 is 4.79 Å². The molecule has 5 rings (SSSR count). The molecule has 0 spiro atoms. The number of aliphatic imine (C=N–C) groups is 1. The van der Waals surface area contributed by atoms with Gasteiger partial charge in [0.25, 0.3) is 0 Å². The van der Waals surface area contributed by atoms with E-state index >= 15 is 0 Å². The summed E-state index contributed by atoms with van der Waals surface area (Å²) in [5, 5.41) is 15.9. The molecule has 3 heterocycles. The third kappa shape index (κ3) is 3.74. The summed E-state index contributed by atoms with van der Waals surface area (Å²) in [5.74, 6) is 0.343. The van der Waals surface area contributed by atoms with Crippen LogP contribution in [0, 0.1) is 0 Å². The Bertz CT molecular complexity index is 1210. The maximum absolute atomic E-state index is 11.8. The summed E-state index contributed by atoms with van der Waals surface area (Å²) in [6.07, 6.45) is 7.81. The number of carbonyl (C=O) groups excluding carboxylic acids is 1. The van der Waals surface area contributed by atoms with E-state index in [0.29, 0.717) is 12.1 Å². The lowest BCUT2D eigenvalue weighted by atomic mass is 10.1. The molecule has 5 N–H and O–H groups in total. The van der Waals surface area contributed by atoms with Crippen molar-refractivity contribution in [2.24, 2.45) is 10.7 Å². The molecule has 2 aliphatic rings. The summed E-state index contributed by atoms with van der Waals surface area (Å²) in [5.41, 5.74) is 9.13. The zero-order valence-electron chi connectivity index (χ0n) is 16.8. The highest BCUT2D eigenvalue weighted by Crippen LogP contribution is 2.26. The molecule has 0 saturated heterocycles. The predicted molar refractivity (Wildman–Crippen MR) is 120 cm³/mol. The van der Waals surface area contributed by atoms with E-state index in [1.54, 1.807) is 18.5 Å². The van der Waals surface area contributed by atoms with Gasteiger partial charge >= 0.3 is 0 Å². The Labute approximate surface area is 179 Å². The van der Waals surface area contributed by atoms with Crippen LogP contribution in [0.4, 0.5) is 0 Å². The van der Waals surface area contributed by atoms with E-state index in [1.807, 2.05) is 41.1 Å². The Morgan fingerprint density at radius 3 is 2.90 bits per heavy atom. The molecular weight excluding hydrogens is 390 g/mol. The topological polar surface area (TPSA) is 109 Å². The third-order valence-electron chi connectivity index (χ3n) is 5.52. The SMILES string of the molecule is NC(=O)c1cccc2c1cnn2C1NC2=C(CC=CC=N2)C(NCc2ccccc2)N1. The van der Waals surface area contributed by atoms with Crippen LogP contribution in [-0.2, 0) is 6.54 Å². The largest absolute Gasteiger partial charge is 0.366 e. The zero-order valence-corrected chi connectivity index (χ0v) is 16.8. The minimum absolute atomic E-state index is 0.111. The minimum atomic E-state index is -0.471. The highest BCUT2D eigenvalue weighted by atomic mass is 16.1. The Morgan fingerprint density at radius 1 is 1.19 bits per heavy atom. The van der Waals surface area contributed by atoms with Crippen molar-refractivity contribution in [2.45, 2.75) is 25.4 Å². The monoisotopic (exact) mass is 413 g/mol. The lowest BCUT2D eigenvalue weighted by Gasteiger charge is -2.35. The van der Waals surface area contributed by atoms with Crippen LogP contribution < -0.4 is 21.7 Å². The van der Waals surface area contributed by atoms with Gasteiger partial charge in [0.2, 0.25) is 5.91 Å². The van der Waals surface area contributed by atoms with Gasteiger partial charge in [-0.1, -0.05) is 42.5 Å². The number of hydrogen-bond acceptors (Lipinski definition) is 6. The van der Waals surface area contributed by atoms with Gasteiger partial charge in [0.05, 0.1) is 23.4 Å². The molecule has 2 aliphatic heterocycles. The lowest BCUT2D eigenvalue weighted by Crippen LogP contribution is -2.55. The van der Waals surface area contributed by atoms with E-state index in [4.69, 9.17) is 5.73 Å². The molecule has 0 saturated carbocycles. The summed E-state index contributed by atoms with van der Waals surface area (Å²) in [6.45, 7) is 0.709. The van der Waals surface area contributed by atoms with Crippen molar-refractivity contribution in [1.29, 1.82) is 0 Å². The molecule has 156 valence electrons. The number of carbonyl (C=O) groups is 1. The van der Waals surface area contributed by atoms with Crippen LogP contribution in [0.25, 0.3) is 10.9 Å². The second-order valence-electron chi connectivity index (χ2n) is 7.49. The number of nitrogens with two attached hydrogens (primary N) is 1. The number of amides is 1. The summed E-state index contributed by atoms with van der Waals surface area (Å²) in [4.78, 5) is 16.4. The summed E-state index contributed by atoms with van der Waals surface area (Å²) >= 11 is 0. The molecule has 8 nitrogen and oxygen atoms in total. The fourth-order valence-electron chi connectivity index (χ4n) is 3.99. The second-order valence-corrected chi connectivity index (χ2v) is 7.49. The average Bonchev–Trinajstić information content (AvgIpc) is 3.08. The number of primary amides is 1. The molecule has 2 atom stereocenters.